The highest BCUT2D eigenvalue weighted by molar-refractivity contribution is 5.84. The smallest absolute Gasteiger partial charge is 0.411 e. The van der Waals surface area contributed by atoms with Gasteiger partial charge >= 0.3 is 6.09 Å². The number of hydrogen-bond acceptors (Lipinski definition) is 4. The number of ether oxygens (including phenoxy) is 1. The predicted octanol–water partition coefficient (Wildman–Crippen LogP) is 2.48. The summed E-state index contributed by atoms with van der Waals surface area (Å²) in [4.78, 5) is 11.7. The Balaban J connectivity index is 1.79. The van der Waals surface area contributed by atoms with E-state index in [2.05, 4.69) is 5.32 Å². The van der Waals surface area contributed by atoms with Gasteiger partial charge in [0.1, 0.15) is 0 Å². The number of carbonyl (C=O) groups excluding carboxylic acids is 1. The third kappa shape index (κ3) is 3.72. The van der Waals surface area contributed by atoms with Crippen molar-refractivity contribution in [2.24, 2.45) is 17.6 Å². The zero-order chi connectivity index (χ0) is 14.4. The molecule has 5 nitrogen and oxygen atoms in total. The van der Waals surface area contributed by atoms with E-state index >= 15 is 0 Å². The molecular formula is C15H19N3O2. The number of benzene rings is 1. The fourth-order valence-corrected chi connectivity index (χ4v) is 2.61. The third-order valence-electron chi connectivity index (χ3n) is 3.81. The van der Waals surface area contributed by atoms with Crippen molar-refractivity contribution in [1.82, 2.24) is 0 Å². The first-order chi connectivity index (χ1) is 9.72. The molecule has 1 aromatic carbocycles. The Bertz CT molecular complexity index is 493. The summed E-state index contributed by atoms with van der Waals surface area (Å²) in [5, 5.41) is 11.3. The van der Waals surface area contributed by atoms with Gasteiger partial charge in [-0.1, -0.05) is 6.42 Å². The van der Waals surface area contributed by atoms with Gasteiger partial charge in [-0.25, -0.2) is 4.79 Å². The molecule has 0 radical (unpaired) electrons. The van der Waals surface area contributed by atoms with Gasteiger partial charge in [-0.05, 0) is 55.5 Å². The maximum absolute atomic E-state index is 11.7. The Morgan fingerprint density at radius 1 is 1.35 bits per heavy atom. The number of nitrogens with two attached hydrogens (primary N) is 1. The van der Waals surface area contributed by atoms with Crippen LogP contribution in [0.5, 0.6) is 0 Å². The molecule has 0 heterocycles. The van der Waals surface area contributed by atoms with Crippen LogP contribution in [0.1, 0.15) is 24.8 Å². The molecule has 0 spiro atoms. The first kappa shape index (κ1) is 14.4. The van der Waals surface area contributed by atoms with E-state index in [4.69, 9.17) is 15.7 Å². The number of carbonyl (C=O) groups is 1. The number of anilines is 1. The van der Waals surface area contributed by atoms with Gasteiger partial charge in [-0.15, -0.1) is 0 Å². The van der Waals surface area contributed by atoms with Crippen molar-refractivity contribution in [3.8, 4) is 6.07 Å². The SMILES string of the molecule is N#Cc1ccc(NC(=O)OCC2CCCC2CN)cc1. The van der Waals surface area contributed by atoms with E-state index in [1.165, 1.54) is 0 Å². The van der Waals surface area contributed by atoms with Crippen molar-refractivity contribution < 1.29 is 9.53 Å². The van der Waals surface area contributed by atoms with Gasteiger partial charge in [-0.2, -0.15) is 5.26 Å². The van der Waals surface area contributed by atoms with Gasteiger partial charge in [0.05, 0.1) is 18.2 Å². The van der Waals surface area contributed by atoms with E-state index in [9.17, 15) is 4.79 Å². The maximum Gasteiger partial charge on any atom is 0.411 e. The van der Waals surface area contributed by atoms with Crippen molar-refractivity contribution in [1.29, 1.82) is 5.26 Å². The van der Waals surface area contributed by atoms with E-state index in [-0.39, 0.29) is 0 Å². The van der Waals surface area contributed by atoms with Crippen LogP contribution in [0.25, 0.3) is 0 Å². The highest BCUT2D eigenvalue weighted by atomic mass is 16.5. The lowest BCUT2D eigenvalue weighted by molar-refractivity contribution is 0.130. The summed E-state index contributed by atoms with van der Waals surface area (Å²) in [6.45, 7) is 1.08. The maximum atomic E-state index is 11.7. The zero-order valence-electron chi connectivity index (χ0n) is 11.3. The summed E-state index contributed by atoms with van der Waals surface area (Å²) >= 11 is 0. The lowest BCUT2D eigenvalue weighted by atomic mass is 9.97. The van der Waals surface area contributed by atoms with Crippen LogP contribution in [0.3, 0.4) is 0 Å². The largest absolute Gasteiger partial charge is 0.449 e. The van der Waals surface area contributed by atoms with Gasteiger partial charge in [0, 0.05) is 5.69 Å². The van der Waals surface area contributed by atoms with E-state index in [1.54, 1.807) is 24.3 Å². The summed E-state index contributed by atoms with van der Waals surface area (Å²) in [7, 11) is 0. The van der Waals surface area contributed by atoms with Gasteiger partial charge in [0.25, 0.3) is 0 Å². The molecular weight excluding hydrogens is 254 g/mol. The lowest BCUT2D eigenvalue weighted by Crippen LogP contribution is -2.25. The van der Waals surface area contributed by atoms with Crippen LogP contribution >= 0.6 is 0 Å². The first-order valence-electron chi connectivity index (χ1n) is 6.87. The Morgan fingerprint density at radius 2 is 2.05 bits per heavy atom. The molecule has 5 heteroatoms. The minimum atomic E-state index is -0.461. The van der Waals surface area contributed by atoms with Crippen molar-refractivity contribution in [3.63, 3.8) is 0 Å². The van der Waals surface area contributed by atoms with E-state index in [0.717, 1.165) is 19.3 Å². The number of amides is 1. The molecule has 1 aliphatic carbocycles. The molecule has 0 aromatic heterocycles. The Hall–Kier alpha value is -2.06. The number of nitriles is 1. The molecule has 2 unspecified atom stereocenters. The standard InChI is InChI=1S/C15H19N3O2/c16-8-11-4-6-14(7-5-11)18-15(19)20-10-13-3-1-2-12(13)9-17/h4-7,12-13H,1-3,9-10,17H2,(H,18,19). The molecule has 1 fully saturated rings. The Labute approximate surface area is 118 Å². The minimum absolute atomic E-state index is 0.381. The van der Waals surface area contributed by atoms with Crippen LogP contribution in [-0.4, -0.2) is 19.2 Å². The summed E-state index contributed by atoms with van der Waals surface area (Å²) in [6.07, 6.45) is 2.90. The Morgan fingerprint density at radius 3 is 2.70 bits per heavy atom. The van der Waals surface area contributed by atoms with Crippen molar-refractivity contribution in [2.75, 3.05) is 18.5 Å². The summed E-state index contributed by atoms with van der Waals surface area (Å²) in [5.74, 6) is 0.851. The minimum Gasteiger partial charge on any atom is -0.449 e. The van der Waals surface area contributed by atoms with Crippen LogP contribution in [0, 0.1) is 23.2 Å². The lowest BCUT2D eigenvalue weighted by Gasteiger charge is -2.17. The second-order valence-electron chi connectivity index (χ2n) is 5.10. The molecule has 0 bridgehead atoms. The third-order valence-corrected chi connectivity index (χ3v) is 3.81. The highest BCUT2D eigenvalue weighted by Gasteiger charge is 2.27. The molecule has 3 N–H and O–H groups in total. The van der Waals surface area contributed by atoms with Crippen molar-refractivity contribution in [2.45, 2.75) is 19.3 Å². The molecule has 1 saturated carbocycles. The second kappa shape index (κ2) is 6.92. The summed E-state index contributed by atoms with van der Waals surface area (Å²) < 4.78 is 5.25. The summed E-state index contributed by atoms with van der Waals surface area (Å²) in [5.41, 5.74) is 6.88. The highest BCUT2D eigenvalue weighted by Crippen LogP contribution is 2.31. The molecule has 106 valence electrons. The second-order valence-corrected chi connectivity index (χ2v) is 5.10. The van der Waals surface area contributed by atoms with Gasteiger partial charge in [0.15, 0.2) is 0 Å². The molecule has 1 aromatic rings. The van der Waals surface area contributed by atoms with Crippen LogP contribution in [-0.2, 0) is 4.74 Å². The van der Waals surface area contributed by atoms with Gasteiger partial charge in [-0.3, -0.25) is 5.32 Å². The molecule has 1 amide bonds. The van der Waals surface area contributed by atoms with Crippen LogP contribution < -0.4 is 11.1 Å². The van der Waals surface area contributed by atoms with Crippen LogP contribution in [0.15, 0.2) is 24.3 Å². The molecule has 2 atom stereocenters. The average Bonchev–Trinajstić information content (AvgIpc) is 2.93. The molecule has 0 saturated heterocycles. The first-order valence-corrected chi connectivity index (χ1v) is 6.87. The van der Waals surface area contributed by atoms with E-state index in [0.29, 0.717) is 36.2 Å². The number of hydrogen-bond donors (Lipinski definition) is 2. The number of nitrogens with one attached hydrogen (secondary N) is 1. The number of rotatable bonds is 4. The van der Waals surface area contributed by atoms with Crippen molar-refractivity contribution >= 4 is 11.8 Å². The Kier molecular flexibility index (Phi) is 4.97. The quantitative estimate of drug-likeness (QED) is 0.882. The van der Waals surface area contributed by atoms with E-state index < -0.39 is 6.09 Å². The van der Waals surface area contributed by atoms with Gasteiger partial charge in [0.2, 0.25) is 0 Å². The van der Waals surface area contributed by atoms with Crippen molar-refractivity contribution in [3.05, 3.63) is 29.8 Å². The fourth-order valence-electron chi connectivity index (χ4n) is 2.61. The predicted molar refractivity (Wildman–Crippen MR) is 76.0 cm³/mol. The molecule has 2 rings (SSSR count). The topological polar surface area (TPSA) is 88.1 Å². The molecule has 1 aliphatic rings. The zero-order valence-corrected chi connectivity index (χ0v) is 11.3. The van der Waals surface area contributed by atoms with Crippen LogP contribution in [0.4, 0.5) is 10.5 Å². The monoisotopic (exact) mass is 273 g/mol. The average molecular weight is 273 g/mol. The number of nitrogens with zero attached hydrogens (tertiary/aromatic N) is 1. The van der Waals surface area contributed by atoms with Crippen LogP contribution in [0.2, 0.25) is 0 Å². The normalized spacial score (nSPS) is 21.2. The molecule has 0 aliphatic heterocycles. The summed E-state index contributed by atoms with van der Waals surface area (Å²) in [6, 6.07) is 8.68. The fraction of sp³-hybridized carbons (Fsp3) is 0.467. The molecule has 20 heavy (non-hydrogen) atoms. The van der Waals surface area contributed by atoms with E-state index in [1.807, 2.05) is 6.07 Å². The van der Waals surface area contributed by atoms with Gasteiger partial charge < -0.3 is 10.5 Å².